The SMILES string of the molecule is CN(Cc1ccnn1C)C(=O)[C@@H]1CCCC[C@H]1C(=O)O. The van der Waals surface area contributed by atoms with Crippen LogP contribution >= 0.6 is 0 Å². The zero-order chi connectivity index (χ0) is 14.7. The first-order valence-corrected chi connectivity index (χ1v) is 6.95. The van der Waals surface area contributed by atoms with Crippen LogP contribution in [0.15, 0.2) is 12.3 Å². The van der Waals surface area contributed by atoms with Crippen molar-refractivity contribution >= 4 is 11.9 Å². The third kappa shape index (κ3) is 3.00. The fourth-order valence-electron chi connectivity index (χ4n) is 2.88. The molecule has 1 N–H and O–H groups in total. The number of aryl methyl sites for hydroxylation is 1. The summed E-state index contributed by atoms with van der Waals surface area (Å²) in [6.45, 7) is 0.457. The first kappa shape index (κ1) is 14.6. The molecule has 0 aromatic carbocycles. The van der Waals surface area contributed by atoms with Crippen molar-refractivity contribution in [2.75, 3.05) is 7.05 Å². The Bertz CT molecular complexity index is 498. The number of rotatable bonds is 4. The Morgan fingerprint density at radius 2 is 2.05 bits per heavy atom. The topological polar surface area (TPSA) is 75.4 Å². The van der Waals surface area contributed by atoms with Gasteiger partial charge < -0.3 is 10.0 Å². The van der Waals surface area contributed by atoms with Crippen molar-refractivity contribution in [2.45, 2.75) is 32.2 Å². The van der Waals surface area contributed by atoms with Gasteiger partial charge in [0.15, 0.2) is 0 Å². The highest BCUT2D eigenvalue weighted by Gasteiger charge is 2.37. The van der Waals surface area contributed by atoms with Crippen molar-refractivity contribution in [2.24, 2.45) is 18.9 Å². The number of hydrogen-bond acceptors (Lipinski definition) is 3. The molecule has 2 rings (SSSR count). The van der Waals surface area contributed by atoms with E-state index in [-0.39, 0.29) is 11.8 Å². The molecule has 1 heterocycles. The van der Waals surface area contributed by atoms with Gasteiger partial charge in [-0.25, -0.2) is 0 Å². The number of carboxylic acid groups (broad SMARTS) is 1. The second-order valence-electron chi connectivity index (χ2n) is 5.48. The van der Waals surface area contributed by atoms with E-state index in [2.05, 4.69) is 5.10 Å². The van der Waals surface area contributed by atoms with Crippen molar-refractivity contribution in [3.8, 4) is 0 Å². The molecule has 1 saturated carbocycles. The molecule has 2 atom stereocenters. The van der Waals surface area contributed by atoms with Gasteiger partial charge in [-0.15, -0.1) is 0 Å². The Labute approximate surface area is 118 Å². The van der Waals surface area contributed by atoms with Crippen molar-refractivity contribution < 1.29 is 14.7 Å². The van der Waals surface area contributed by atoms with E-state index in [1.807, 2.05) is 13.1 Å². The lowest BCUT2D eigenvalue weighted by Crippen LogP contribution is -2.40. The molecular weight excluding hydrogens is 258 g/mol. The predicted molar refractivity (Wildman–Crippen MR) is 72.8 cm³/mol. The molecule has 0 unspecified atom stereocenters. The molecule has 0 spiro atoms. The molecule has 1 aromatic rings. The molecule has 110 valence electrons. The maximum Gasteiger partial charge on any atom is 0.307 e. The lowest BCUT2D eigenvalue weighted by molar-refractivity contribution is -0.152. The van der Waals surface area contributed by atoms with Crippen LogP contribution in [0.2, 0.25) is 0 Å². The number of amides is 1. The van der Waals surface area contributed by atoms with Crippen LogP contribution in [0.25, 0.3) is 0 Å². The minimum Gasteiger partial charge on any atom is -0.481 e. The van der Waals surface area contributed by atoms with Gasteiger partial charge in [-0.05, 0) is 18.9 Å². The molecule has 6 heteroatoms. The predicted octanol–water partition coefficient (Wildman–Crippen LogP) is 1.27. The smallest absolute Gasteiger partial charge is 0.307 e. The second kappa shape index (κ2) is 6.07. The Morgan fingerprint density at radius 1 is 1.40 bits per heavy atom. The van der Waals surface area contributed by atoms with Crippen LogP contribution in [0.4, 0.5) is 0 Å². The third-order valence-corrected chi connectivity index (χ3v) is 4.10. The largest absolute Gasteiger partial charge is 0.481 e. The Balaban J connectivity index is 2.05. The number of aromatic nitrogens is 2. The summed E-state index contributed by atoms with van der Waals surface area (Å²) in [4.78, 5) is 25.4. The summed E-state index contributed by atoms with van der Waals surface area (Å²) < 4.78 is 1.72. The molecule has 6 nitrogen and oxygen atoms in total. The van der Waals surface area contributed by atoms with Gasteiger partial charge in [0.25, 0.3) is 0 Å². The maximum absolute atomic E-state index is 12.5. The van der Waals surface area contributed by atoms with E-state index in [4.69, 9.17) is 0 Å². The number of nitrogens with zero attached hydrogens (tertiary/aromatic N) is 3. The van der Waals surface area contributed by atoms with E-state index in [9.17, 15) is 14.7 Å². The lowest BCUT2D eigenvalue weighted by Gasteiger charge is -2.31. The lowest BCUT2D eigenvalue weighted by atomic mass is 9.78. The molecule has 0 radical (unpaired) electrons. The summed E-state index contributed by atoms with van der Waals surface area (Å²) in [5.74, 6) is -1.85. The first-order chi connectivity index (χ1) is 9.50. The normalized spacial score (nSPS) is 22.5. The summed E-state index contributed by atoms with van der Waals surface area (Å²) in [6.07, 6.45) is 4.79. The monoisotopic (exact) mass is 279 g/mol. The fourth-order valence-corrected chi connectivity index (χ4v) is 2.88. The molecular formula is C14H21N3O3. The minimum atomic E-state index is -0.850. The number of carboxylic acids is 1. The zero-order valence-electron chi connectivity index (χ0n) is 12.0. The van der Waals surface area contributed by atoms with Crippen LogP contribution in [0, 0.1) is 11.8 Å². The highest BCUT2D eigenvalue weighted by Crippen LogP contribution is 2.31. The van der Waals surface area contributed by atoms with Crippen molar-refractivity contribution in [3.05, 3.63) is 18.0 Å². The Morgan fingerprint density at radius 3 is 2.60 bits per heavy atom. The molecule has 0 aliphatic heterocycles. The van der Waals surface area contributed by atoms with Crippen molar-refractivity contribution in [1.82, 2.24) is 14.7 Å². The molecule has 0 saturated heterocycles. The third-order valence-electron chi connectivity index (χ3n) is 4.10. The summed E-state index contributed by atoms with van der Waals surface area (Å²) in [5.41, 5.74) is 0.934. The number of carbonyl (C=O) groups excluding carboxylic acids is 1. The maximum atomic E-state index is 12.5. The first-order valence-electron chi connectivity index (χ1n) is 6.95. The van der Waals surface area contributed by atoms with E-state index in [0.717, 1.165) is 18.5 Å². The van der Waals surface area contributed by atoms with Gasteiger partial charge in [0.1, 0.15) is 0 Å². The molecule has 1 fully saturated rings. The summed E-state index contributed by atoms with van der Waals surface area (Å²) in [6, 6.07) is 1.86. The molecule has 1 amide bonds. The summed E-state index contributed by atoms with van der Waals surface area (Å²) in [7, 11) is 3.55. The second-order valence-corrected chi connectivity index (χ2v) is 5.48. The fraction of sp³-hybridized carbons (Fsp3) is 0.643. The Kier molecular flexibility index (Phi) is 4.42. The van der Waals surface area contributed by atoms with E-state index in [1.165, 1.54) is 0 Å². The molecule has 1 aromatic heterocycles. The van der Waals surface area contributed by atoms with Gasteiger partial charge in [0, 0.05) is 20.3 Å². The molecule has 0 bridgehead atoms. The van der Waals surface area contributed by atoms with Crippen LogP contribution < -0.4 is 0 Å². The highest BCUT2D eigenvalue weighted by molar-refractivity contribution is 5.84. The Hall–Kier alpha value is -1.85. The van der Waals surface area contributed by atoms with E-state index in [0.29, 0.717) is 19.4 Å². The van der Waals surface area contributed by atoms with Crippen molar-refractivity contribution in [1.29, 1.82) is 0 Å². The van der Waals surface area contributed by atoms with Gasteiger partial charge in [-0.2, -0.15) is 5.10 Å². The van der Waals surface area contributed by atoms with Crippen LogP contribution in [-0.2, 0) is 23.2 Å². The van der Waals surface area contributed by atoms with Crippen LogP contribution in [0.3, 0.4) is 0 Å². The standard InChI is InChI=1S/C14H21N3O3/c1-16(9-10-7-8-15-17(10)2)13(18)11-5-3-4-6-12(11)14(19)20/h7-8,11-12H,3-6,9H2,1-2H3,(H,19,20)/t11-,12-/m1/s1. The number of carbonyl (C=O) groups is 2. The van der Waals surface area contributed by atoms with Gasteiger partial charge in [0.05, 0.1) is 24.1 Å². The van der Waals surface area contributed by atoms with Crippen molar-refractivity contribution in [3.63, 3.8) is 0 Å². The van der Waals surface area contributed by atoms with Crippen LogP contribution in [0.1, 0.15) is 31.4 Å². The van der Waals surface area contributed by atoms with Gasteiger partial charge in [0.2, 0.25) is 5.91 Å². The van der Waals surface area contributed by atoms with Gasteiger partial charge >= 0.3 is 5.97 Å². The van der Waals surface area contributed by atoms with E-state index < -0.39 is 11.9 Å². The summed E-state index contributed by atoms with van der Waals surface area (Å²) in [5, 5.41) is 13.3. The average molecular weight is 279 g/mol. The summed E-state index contributed by atoms with van der Waals surface area (Å²) >= 11 is 0. The van der Waals surface area contributed by atoms with Crippen LogP contribution in [-0.4, -0.2) is 38.7 Å². The number of hydrogen-bond donors (Lipinski definition) is 1. The zero-order valence-corrected chi connectivity index (χ0v) is 12.0. The quantitative estimate of drug-likeness (QED) is 0.900. The van der Waals surface area contributed by atoms with E-state index >= 15 is 0 Å². The number of aliphatic carboxylic acids is 1. The van der Waals surface area contributed by atoms with Gasteiger partial charge in [-0.3, -0.25) is 14.3 Å². The molecule has 1 aliphatic rings. The average Bonchev–Trinajstić information content (AvgIpc) is 2.83. The minimum absolute atomic E-state index is 0.0710. The highest BCUT2D eigenvalue weighted by atomic mass is 16.4. The van der Waals surface area contributed by atoms with Crippen LogP contribution in [0.5, 0.6) is 0 Å². The molecule has 20 heavy (non-hydrogen) atoms. The van der Waals surface area contributed by atoms with E-state index in [1.54, 1.807) is 22.8 Å². The van der Waals surface area contributed by atoms with Gasteiger partial charge in [-0.1, -0.05) is 12.8 Å². The molecule has 1 aliphatic carbocycles.